The van der Waals surface area contributed by atoms with Crippen LogP contribution in [0.4, 0.5) is 10.6 Å². The minimum absolute atomic E-state index is 0.118. The van der Waals surface area contributed by atoms with Crippen molar-refractivity contribution in [3.05, 3.63) is 12.1 Å². The van der Waals surface area contributed by atoms with Gasteiger partial charge >= 0.3 is 12.1 Å². The molecular formula is C16H21N3O4S2. The zero-order chi connectivity index (χ0) is 18.4. The van der Waals surface area contributed by atoms with Crippen molar-refractivity contribution in [1.29, 1.82) is 0 Å². The number of ether oxygens (including phenoxy) is 1. The zero-order valence-electron chi connectivity index (χ0n) is 14.1. The summed E-state index contributed by atoms with van der Waals surface area (Å²) in [6, 6.07) is 3.43. The highest BCUT2D eigenvalue weighted by molar-refractivity contribution is 7.82. The van der Waals surface area contributed by atoms with Gasteiger partial charge in [-0.05, 0) is 45.2 Å². The maximum absolute atomic E-state index is 12.4. The molecule has 7 nitrogen and oxygen atoms in total. The van der Waals surface area contributed by atoms with E-state index in [-0.39, 0.29) is 19.1 Å². The standard InChI is InChI=1S/C16H21N3O4S2/c1-10(2)19(16(22)23-9-5-3-4-6-13(20)21)12-8-7-11-14(18-12)25-15(24)17-11/h7-8,10H,3-6,9H2,1-2H3,(H,17,24)(H,20,21). The number of pyridine rings is 1. The summed E-state index contributed by atoms with van der Waals surface area (Å²) in [7, 11) is 0. The van der Waals surface area contributed by atoms with Crippen LogP contribution in [0.25, 0.3) is 10.3 Å². The molecule has 0 saturated heterocycles. The van der Waals surface area contributed by atoms with E-state index < -0.39 is 12.1 Å². The maximum Gasteiger partial charge on any atom is 0.415 e. The lowest BCUT2D eigenvalue weighted by molar-refractivity contribution is -0.137. The normalized spacial score (nSPS) is 11.0. The molecule has 2 heterocycles. The number of anilines is 1. The van der Waals surface area contributed by atoms with Gasteiger partial charge in [0.1, 0.15) is 20.5 Å². The van der Waals surface area contributed by atoms with Gasteiger partial charge in [-0.15, -0.1) is 12.6 Å². The average Bonchev–Trinajstić information content (AvgIpc) is 2.89. The number of thiol groups is 1. The van der Waals surface area contributed by atoms with E-state index >= 15 is 0 Å². The summed E-state index contributed by atoms with van der Waals surface area (Å²) in [5.41, 5.74) is 0.745. The monoisotopic (exact) mass is 383 g/mol. The summed E-state index contributed by atoms with van der Waals surface area (Å²) < 4.78 is 5.94. The Morgan fingerprint density at radius 1 is 1.28 bits per heavy atom. The van der Waals surface area contributed by atoms with Crippen LogP contribution >= 0.6 is 24.0 Å². The molecule has 1 amide bonds. The molecule has 0 aliphatic rings. The van der Waals surface area contributed by atoms with Gasteiger partial charge in [0.15, 0.2) is 0 Å². The van der Waals surface area contributed by atoms with E-state index in [1.54, 1.807) is 6.07 Å². The molecule has 0 bridgehead atoms. The number of fused-ring (bicyclic) bond motifs is 1. The van der Waals surface area contributed by atoms with Gasteiger partial charge in [-0.25, -0.2) is 14.8 Å². The summed E-state index contributed by atoms with van der Waals surface area (Å²) >= 11 is 5.57. The molecule has 0 unspecified atom stereocenters. The van der Waals surface area contributed by atoms with Crippen molar-refractivity contribution in [1.82, 2.24) is 9.97 Å². The molecule has 0 aromatic carbocycles. The van der Waals surface area contributed by atoms with Gasteiger partial charge in [0, 0.05) is 12.5 Å². The second-order valence-electron chi connectivity index (χ2n) is 5.77. The van der Waals surface area contributed by atoms with Gasteiger partial charge in [-0.3, -0.25) is 9.69 Å². The number of carbonyl (C=O) groups excluding carboxylic acids is 1. The number of thiazole rings is 1. The van der Waals surface area contributed by atoms with E-state index in [9.17, 15) is 9.59 Å². The first-order chi connectivity index (χ1) is 11.9. The lowest BCUT2D eigenvalue weighted by atomic mass is 10.2. The molecule has 9 heteroatoms. The molecular weight excluding hydrogens is 362 g/mol. The molecule has 1 N–H and O–H groups in total. The zero-order valence-corrected chi connectivity index (χ0v) is 15.8. The Bertz CT molecular complexity index is 748. The first kappa shape index (κ1) is 19.5. The van der Waals surface area contributed by atoms with Crippen LogP contribution in [0.1, 0.15) is 39.5 Å². The van der Waals surface area contributed by atoms with Gasteiger partial charge in [0.05, 0.1) is 6.61 Å². The number of hydrogen-bond acceptors (Lipinski definition) is 7. The molecule has 136 valence electrons. The third-order valence-electron chi connectivity index (χ3n) is 3.45. The van der Waals surface area contributed by atoms with E-state index in [0.29, 0.717) is 29.4 Å². The second kappa shape index (κ2) is 9.00. The number of carbonyl (C=O) groups is 2. The number of carboxylic acids is 1. The van der Waals surface area contributed by atoms with Crippen LogP contribution in [0.5, 0.6) is 0 Å². The molecule has 0 aliphatic carbocycles. The lowest BCUT2D eigenvalue weighted by Crippen LogP contribution is -2.38. The summed E-state index contributed by atoms with van der Waals surface area (Å²) in [5.74, 6) is -0.299. The molecule has 0 spiro atoms. The molecule has 2 rings (SSSR count). The molecule has 0 saturated carbocycles. The Morgan fingerprint density at radius 3 is 2.72 bits per heavy atom. The predicted octanol–water partition coefficient (Wildman–Crippen LogP) is 3.98. The second-order valence-corrected chi connectivity index (χ2v) is 7.48. The Balaban J connectivity index is 1.96. The number of amides is 1. The van der Waals surface area contributed by atoms with Crippen molar-refractivity contribution in [3.8, 4) is 0 Å². The van der Waals surface area contributed by atoms with Crippen LogP contribution in [0.3, 0.4) is 0 Å². The molecule has 2 aromatic rings. The van der Waals surface area contributed by atoms with E-state index in [4.69, 9.17) is 9.84 Å². The fraction of sp³-hybridized carbons (Fsp3) is 0.500. The van der Waals surface area contributed by atoms with Gasteiger partial charge in [-0.1, -0.05) is 11.3 Å². The van der Waals surface area contributed by atoms with Crippen molar-refractivity contribution in [2.75, 3.05) is 11.5 Å². The fourth-order valence-electron chi connectivity index (χ4n) is 2.28. The van der Waals surface area contributed by atoms with Crippen molar-refractivity contribution < 1.29 is 19.4 Å². The van der Waals surface area contributed by atoms with Gasteiger partial charge in [0.25, 0.3) is 0 Å². The minimum atomic E-state index is -0.808. The molecule has 0 aliphatic heterocycles. The number of unbranched alkanes of at least 4 members (excludes halogenated alkanes) is 2. The minimum Gasteiger partial charge on any atom is -0.481 e. The number of nitrogens with zero attached hydrogens (tertiary/aromatic N) is 3. The largest absolute Gasteiger partial charge is 0.481 e. The van der Waals surface area contributed by atoms with Crippen molar-refractivity contribution in [2.45, 2.75) is 49.9 Å². The SMILES string of the molecule is CC(C)N(C(=O)OCCCCCC(=O)O)c1ccc2nc(S)sc2n1. The molecule has 25 heavy (non-hydrogen) atoms. The third kappa shape index (κ3) is 5.57. The van der Waals surface area contributed by atoms with Crippen molar-refractivity contribution in [3.63, 3.8) is 0 Å². The Labute approximate surface area is 155 Å². The lowest BCUT2D eigenvalue weighted by Gasteiger charge is -2.24. The summed E-state index contributed by atoms with van der Waals surface area (Å²) in [6.45, 7) is 4.03. The Hall–Kier alpha value is -1.87. The van der Waals surface area contributed by atoms with Crippen LogP contribution in [-0.2, 0) is 9.53 Å². The van der Waals surface area contributed by atoms with Crippen LogP contribution in [-0.4, -0.2) is 39.8 Å². The highest BCUT2D eigenvalue weighted by atomic mass is 32.2. The summed E-state index contributed by atoms with van der Waals surface area (Å²) in [5, 5.41) is 8.59. The van der Waals surface area contributed by atoms with Gasteiger partial charge in [0.2, 0.25) is 0 Å². The Morgan fingerprint density at radius 2 is 2.04 bits per heavy atom. The predicted molar refractivity (Wildman–Crippen MR) is 99.7 cm³/mol. The van der Waals surface area contributed by atoms with Crippen LogP contribution < -0.4 is 4.90 Å². The van der Waals surface area contributed by atoms with E-state index in [1.165, 1.54) is 16.2 Å². The first-order valence-electron chi connectivity index (χ1n) is 8.03. The topological polar surface area (TPSA) is 92.6 Å². The average molecular weight is 383 g/mol. The van der Waals surface area contributed by atoms with E-state index in [0.717, 1.165) is 10.3 Å². The maximum atomic E-state index is 12.4. The quantitative estimate of drug-likeness (QED) is 0.529. The number of carboxylic acid groups (broad SMARTS) is 1. The first-order valence-corrected chi connectivity index (χ1v) is 9.29. The number of rotatable bonds is 8. The Kier molecular flexibility index (Phi) is 7.01. The van der Waals surface area contributed by atoms with Crippen molar-refractivity contribution >= 4 is 52.2 Å². The van der Waals surface area contributed by atoms with Crippen LogP contribution in [0, 0.1) is 0 Å². The summed E-state index contributed by atoms with van der Waals surface area (Å²) in [6.07, 6.45) is 1.59. The van der Waals surface area contributed by atoms with E-state index in [1.807, 2.05) is 19.9 Å². The van der Waals surface area contributed by atoms with Gasteiger partial charge in [-0.2, -0.15) is 0 Å². The number of aromatic nitrogens is 2. The highest BCUT2D eigenvalue weighted by Gasteiger charge is 2.22. The number of hydrogen-bond donors (Lipinski definition) is 2. The van der Waals surface area contributed by atoms with Gasteiger partial charge < -0.3 is 9.84 Å². The molecule has 0 radical (unpaired) electrons. The van der Waals surface area contributed by atoms with Crippen molar-refractivity contribution in [2.24, 2.45) is 0 Å². The van der Waals surface area contributed by atoms with Crippen LogP contribution in [0.15, 0.2) is 16.5 Å². The molecule has 2 aromatic heterocycles. The third-order valence-corrected chi connectivity index (χ3v) is 4.59. The van der Waals surface area contributed by atoms with E-state index in [2.05, 4.69) is 22.6 Å². The fourth-order valence-corrected chi connectivity index (χ4v) is 3.32. The summed E-state index contributed by atoms with van der Waals surface area (Å²) in [4.78, 5) is 33.8. The molecule has 0 atom stereocenters. The molecule has 0 fully saturated rings. The smallest absolute Gasteiger partial charge is 0.415 e. The highest BCUT2D eigenvalue weighted by Crippen LogP contribution is 2.26. The van der Waals surface area contributed by atoms with Crippen LogP contribution in [0.2, 0.25) is 0 Å². The number of aliphatic carboxylic acids is 1.